The second-order valence-electron chi connectivity index (χ2n) is 15.9. The summed E-state index contributed by atoms with van der Waals surface area (Å²) in [6.07, 6.45) is 0. The highest BCUT2D eigenvalue weighted by Crippen LogP contribution is 2.51. The first kappa shape index (κ1) is 29.6. The number of hydrogen-bond acceptors (Lipinski definition) is 4. The fourth-order valence-corrected chi connectivity index (χ4v) is 10.8. The monoisotopic (exact) mass is 738 g/mol. The number of rotatable bonds is 1. The third-order valence-electron chi connectivity index (χ3n) is 13.1. The minimum atomic E-state index is -0.180. The largest absolute Gasteiger partial charge is 0.456 e. The molecule has 0 saturated heterocycles. The van der Waals surface area contributed by atoms with E-state index in [0.29, 0.717) is 0 Å². The van der Waals surface area contributed by atoms with Crippen molar-refractivity contribution < 1.29 is 13.3 Å². The lowest BCUT2D eigenvalue weighted by atomic mass is 9.45. The van der Waals surface area contributed by atoms with Gasteiger partial charge in [-0.25, -0.2) is 0 Å². The number of aromatic nitrogens is 1. The standard InChI is InChI=1S/C52H27BN2O3/c1-2-11-30-28(10-1)20-22-40-48(30)34-15-9-16-35-49-50-42(26-38-33-14-5-8-19-45(33)58-52(38)49)54(29-21-23-46-36(24-29)31-12-3-6-17-43(31)56-46)41-25-37-32-13-4-7-18-44(32)57-47(37)27-39(41)53(50)55(40)51(34)35/h1-27H. The van der Waals surface area contributed by atoms with Crippen LogP contribution in [0.1, 0.15) is 0 Å². The van der Waals surface area contributed by atoms with E-state index in [2.05, 4.69) is 155 Å². The van der Waals surface area contributed by atoms with Gasteiger partial charge in [0.2, 0.25) is 0 Å². The molecule has 6 heteroatoms. The Kier molecular flexibility index (Phi) is 5.19. The predicted molar refractivity (Wildman–Crippen MR) is 239 cm³/mol. The maximum absolute atomic E-state index is 6.99. The van der Waals surface area contributed by atoms with E-state index in [4.69, 9.17) is 13.3 Å². The van der Waals surface area contributed by atoms with Crippen molar-refractivity contribution >= 4 is 133 Å². The van der Waals surface area contributed by atoms with Crippen molar-refractivity contribution in [3.63, 3.8) is 0 Å². The molecular weight excluding hydrogens is 711 g/mol. The molecule has 0 aliphatic carbocycles. The van der Waals surface area contributed by atoms with Crippen LogP contribution in [0.5, 0.6) is 0 Å². The molecule has 0 amide bonds. The number of anilines is 3. The zero-order valence-electron chi connectivity index (χ0n) is 30.8. The number of hydrogen-bond donors (Lipinski definition) is 0. The van der Waals surface area contributed by atoms with Gasteiger partial charge in [0, 0.05) is 82.3 Å². The number of nitrogens with zero attached hydrogens (tertiary/aromatic N) is 2. The van der Waals surface area contributed by atoms with E-state index in [1.54, 1.807) is 0 Å². The average molecular weight is 739 g/mol. The van der Waals surface area contributed by atoms with Crippen molar-refractivity contribution in [1.29, 1.82) is 0 Å². The lowest BCUT2D eigenvalue weighted by molar-refractivity contribution is 0.669. The van der Waals surface area contributed by atoms with Crippen LogP contribution in [0.3, 0.4) is 0 Å². The van der Waals surface area contributed by atoms with Crippen LogP contribution < -0.4 is 15.8 Å². The maximum atomic E-state index is 6.99. The van der Waals surface area contributed by atoms with Crippen molar-refractivity contribution in [1.82, 2.24) is 4.48 Å². The molecule has 5 nitrogen and oxygen atoms in total. The van der Waals surface area contributed by atoms with Crippen molar-refractivity contribution in [2.24, 2.45) is 0 Å². The van der Waals surface area contributed by atoms with E-state index in [0.717, 1.165) is 88.4 Å². The molecule has 0 spiro atoms. The van der Waals surface area contributed by atoms with Crippen molar-refractivity contribution in [2.45, 2.75) is 0 Å². The summed E-state index contributed by atoms with van der Waals surface area (Å²) in [6.45, 7) is -0.180. The molecule has 2 aliphatic rings. The highest BCUT2D eigenvalue weighted by molar-refractivity contribution is 6.90. The van der Waals surface area contributed by atoms with E-state index in [9.17, 15) is 0 Å². The summed E-state index contributed by atoms with van der Waals surface area (Å²) in [6, 6.07) is 59.1. The van der Waals surface area contributed by atoms with Gasteiger partial charge in [-0.05, 0) is 82.4 Å². The highest BCUT2D eigenvalue weighted by atomic mass is 16.3. The quantitative estimate of drug-likeness (QED) is 0.157. The van der Waals surface area contributed by atoms with Crippen molar-refractivity contribution in [3.05, 3.63) is 164 Å². The summed E-state index contributed by atoms with van der Waals surface area (Å²) >= 11 is 0. The number of fused-ring (bicyclic) bond motifs is 19. The van der Waals surface area contributed by atoms with Crippen LogP contribution in [0.25, 0.3) is 110 Å². The van der Waals surface area contributed by atoms with Crippen molar-refractivity contribution in [3.8, 4) is 11.1 Å². The molecule has 0 bridgehead atoms. The molecule has 0 N–H and O–H groups in total. The Bertz CT molecular complexity index is 4010. The van der Waals surface area contributed by atoms with Gasteiger partial charge in [-0.3, -0.25) is 0 Å². The Morgan fingerprint density at radius 3 is 1.88 bits per heavy atom. The van der Waals surface area contributed by atoms with E-state index >= 15 is 0 Å². The smallest absolute Gasteiger partial charge is 0.333 e. The average Bonchev–Trinajstić information content (AvgIpc) is 4.03. The van der Waals surface area contributed by atoms with Crippen LogP contribution >= 0.6 is 0 Å². The SMILES string of the molecule is c1ccc2c(c1)ccc1c2c2cccc3c2n1B1c2cc4oc5ccccc5c4cc2N(c2ccc4oc5ccccc5c4c2)c2cc4c(oc5ccccc54)c-3c21. The third-order valence-corrected chi connectivity index (χ3v) is 13.1. The Balaban J connectivity index is 1.17. The molecule has 2 aliphatic heterocycles. The molecule has 0 radical (unpaired) electrons. The number of benzene rings is 9. The lowest BCUT2D eigenvalue weighted by Gasteiger charge is -2.40. The van der Waals surface area contributed by atoms with Crippen LogP contribution in [-0.2, 0) is 0 Å². The fourth-order valence-electron chi connectivity index (χ4n) is 10.8. The molecule has 58 heavy (non-hydrogen) atoms. The molecule has 4 aromatic heterocycles. The summed E-state index contributed by atoms with van der Waals surface area (Å²) in [7, 11) is 0. The van der Waals surface area contributed by atoms with Crippen LogP contribution in [0, 0.1) is 0 Å². The van der Waals surface area contributed by atoms with Gasteiger partial charge in [-0.15, -0.1) is 0 Å². The Labute approximate surface area is 329 Å². The van der Waals surface area contributed by atoms with Crippen LogP contribution in [0.15, 0.2) is 177 Å². The summed E-state index contributed by atoms with van der Waals surface area (Å²) in [4.78, 5) is 2.49. The summed E-state index contributed by atoms with van der Waals surface area (Å²) in [5.41, 5.74) is 15.8. The fraction of sp³-hybridized carbons (Fsp3) is 0. The minimum Gasteiger partial charge on any atom is -0.456 e. The normalized spacial score (nSPS) is 13.4. The van der Waals surface area contributed by atoms with Gasteiger partial charge in [0.1, 0.15) is 33.5 Å². The van der Waals surface area contributed by atoms with E-state index < -0.39 is 0 Å². The van der Waals surface area contributed by atoms with Gasteiger partial charge >= 0.3 is 6.85 Å². The zero-order valence-corrected chi connectivity index (χ0v) is 30.8. The first-order valence-corrected chi connectivity index (χ1v) is 19.9. The third kappa shape index (κ3) is 3.48. The van der Waals surface area contributed by atoms with E-state index in [1.165, 1.54) is 49.1 Å². The molecule has 13 aromatic rings. The minimum absolute atomic E-state index is 0.180. The molecule has 9 aromatic carbocycles. The molecule has 0 unspecified atom stereocenters. The van der Waals surface area contributed by atoms with E-state index in [-0.39, 0.29) is 6.85 Å². The van der Waals surface area contributed by atoms with Gasteiger partial charge < -0.3 is 22.6 Å². The molecule has 266 valence electrons. The van der Waals surface area contributed by atoms with Crippen LogP contribution in [0.4, 0.5) is 17.1 Å². The topological polar surface area (TPSA) is 47.6 Å². The lowest BCUT2D eigenvalue weighted by Crippen LogP contribution is -2.56. The van der Waals surface area contributed by atoms with Gasteiger partial charge in [-0.2, -0.15) is 0 Å². The van der Waals surface area contributed by atoms with E-state index in [1.807, 2.05) is 18.2 Å². The maximum Gasteiger partial charge on any atom is 0.333 e. The Morgan fingerprint density at radius 1 is 0.431 bits per heavy atom. The summed E-state index contributed by atoms with van der Waals surface area (Å²) < 4.78 is 22.7. The van der Waals surface area contributed by atoms with Crippen LogP contribution in [0.2, 0.25) is 0 Å². The number of para-hydroxylation sites is 4. The Hall–Kier alpha value is -7.70. The molecule has 0 fully saturated rings. The molecule has 6 heterocycles. The first-order chi connectivity index (χ1) is 28.8. The first-order valence-electron chi connectivity index (χ1n) is 19.9. The summed E-state index contributed by atoms with van der Waals surface area (Å²) in [5.74, 6) is 0. The van der Waals surface area contributed by atoms with Gasteiger partial charge in [0.25, 0.3) is 0 Å². The van der Waals surface area contributed by atoms with Gasteiger partial charge in [-0.1, -0.05) is 103 Å². The second-order valence-corrected chi connectivity index (χ2v) is 15.9. The second kappa shape index (κ2) is 10.2. The Morgan fingerprint density at radius 2 is 1.07 bits per heavy atom. The molecular formula is C52H27BN2O3. The van der Waals surface area contributed by atoms with Gasteiger partial charge in [0.05, 0.1) is 0 Å². The molecule has 0 atom stereocenters. The number of furan rings is 3. The van der Waals surface area contributed by atoms with Crippen LogP contribution in [-0.4, -0.2) is 11.3 Å². The molecule has 0 saturated carbocycles. The van der Waals surface area contributed by atoms with Crippen molar-refractivity contribution in [2.75, 3.05) is 4.90 Å². The zero-order chi connectivity index (χ0) is 37.4. The van der Waals surface area contributed by atoms with Gasteiger partial charge in [0.15, 0.2) is 0 Å². The predicted octanol–water partition coefficient (Wildman–Crippen LogP) is 13.1. The molecule has 15 rings (SSSR count). The highest BCUT2D eigenvalue weighted by Gasteiger charge is 2.45. The summed E-state index contributed by atoms with van der Waals surface area (Å²) in [5, 5.41) is 11.6.